The minimum atomic E-state index is -0.899. The maximum atomic E-state index is 11.3. The average Bonchev–Trinajstić information content (AvgIpc) is 2.90. The molecule has 1 atom stereocenters. The molecule has 0 saturated carbocycles. The molecule has 1 aromatic heterocycles. The molecular formula is C17H22N2O2S. The van der Waals surface area contributed by atoms with Gasteiger partial charge >= 0.3 is 5.97 Å². The molecule has 2 rings (SSSR count). The molecule has 5 heteroatoms. The molecule has 1 heterocycles. The standard InChI is InChI=1S/C17H22N2O2S/c1-4-8-14-15(16(20)21)22-17(19-14)18-13-10-7-6-9-12(13)11(3)5-2/h6-7,9-11H,4-5,8H2,1-3H3,(H,18,19)(H,20,21). The molecule has 1 aromatic carbocycles. The van der Waals surface area contributed by atoms with Gasteiger partial charge in [-0.2, -0.15) is 0 Å². The lowest BCUT2D eigenvalue weighted by atomic mass is 9.97. The van der Waals surface area contributed by atoms with Crippen molar-refractivity contribution >= 4 is 28.1 Å². The third-order valence-corrected chi connectivity index (χ3v) is 4.73. The van der Waals surface area contributed by atoms with Crippen LogP contribution >= 0.6 is 11.3 Å². The van der Waals surface area contributed by atoms with E-state index < -0.39 is 5.97 Å². The number of rotatable bonds is 7. The number of aromatic carboxylic acids is 1. The first-order valence-electron chi connectivity index (χ1n) is 7.65. The van der Waals surface area contributed by atoms with E-state index in [0.717, 1.165) is 18.5 Å². The number of carboxylic acids is 1. The zero-order valence-electron chi connectivity index (χ0n) is 13.2. The lowest BCUT2D eigenvalue weighted by Crippen LogP contribution is -1.99. The van der Waals surface area contributed by atoms with E-state index in [1.54, 1.807) is 0 Å². The van der Waals surface area contributed by atoms with Crippen LogP contribution in [0.15, 0.2) is 24.3 Å². The van der Waals surface area contributed by atoms with Crippen molar-refractivity contribution in [3.63, 3.8) is 0 Å². The van der Waals surface area contributed by atoms with Gasteiger partial charge in [0.15, 0.2) is 5.13 Å². The summed E-state index contributed by atoms with van der Waals surface area (Å²) < 4.78 is 0. The summed E-state index contributed by atoms with van der Waals surface area (Å²) in [5.74, 6) is -0.457. The Morgan fingerprint density at radius 1 is 1.36 bits per heavy atom. The van der Waals surface area contributed by atoms with Crippen molar-refractivity contribution in [2.45, 2.75) is 46.0 Å². The van der Waals surface area contributed by atoms with Gasteiger partial charge in [-0.3, -0.25) is 0 Å². The van der Waals surface area contributed by atoms with Gasteiger partial charge in [0.2, 0.25) is 0 Å². The van der Waals surface area contributed by atoms with Crippen molar-refractivity contribution in [2.75, 3.05) is 5.32 Å². The van der Waals surface area contributed by atoms with Crippen LogP contribution < -0.4 is 5.32 Å². The summed E-state index contributed by atoms with van der Waals surface area (Å²) >= 11 is 1.21. The highest BCUT2D eigenvalue weighted by Gasteiger charge is 2.17. The number of para-hydroxylation sites is 1. The van der Waals surface area contributed by atoms with Gasteiger partial charge in [-0.05, 0) is 30.4 Å². The molecule has 0 aliphatic heterocycles. The normalized spacial score (nSPS) is 12.1. The van der Waals surface area contributed by atoms with Crippen LogP contribution in [0.5, 0.6) is 0 Å². The third-order valence-electron chi connectivity index (χ3n) is 3.72. The number of aromatic nitrogens is 1. The summed E-state index contributed by atoms with van der Waals surface area (Å²) in [5.41, 5.74) is 2.91. The van der Waals surface area contributed by atoms with Crippen LogP contribution in [0.2, 0.25) is 0 Å². The van der Waals surface area contributed by atoms with E-state index in [0.29, 0.717) is 28.0 Å². The molecule has 1 unspecified atom stereocenters. The molecule has 0 aliphatic rings. The Balaban J connectivity index is 2.31. The molecule has 2 aromatic rings. The van der Waals surface area contributed by atoms with E-state index in [9.17, 15) is 9.90 Å². The smallest absolute Gasteiger partial charge is 0.347 e. The number of benzene rings is 1. The molecule has 0 amide bonds. The van der Waals surface area contributed by atoms with E-state index in [4.69, 9.17) is 0 Å². The molecule has 0 radical (unpaired) electrons. The van der Waals surface area contributed by atoms with Crippen molar-refractivity contribution in [1.82, 2.24) is 4.98 Å². The minimum absolute atomic E-state index is 0.338. The van der Waals surface area contributed by atoms with Crippen molar-refractivity contribution < 1.29 is 9.90 Å². The summed E-state index contributed by atoms with van der Waals surface area (Å²) in [5, 5.41) is 13.3. The van der Waals surface area contributed by atoms with Crippen molar-refractivity contribution in [3.05, 3.63) is 40.4 Å². The Hall–Kier alpha value is -1.88. The SMILES string of the molecule is CCCc1nc(Nc2ccccc2C(C)CC)sc1C(=O)O. The predicted octanol–water partition coefficient (Wildman–Crippen LogP) is 5.05. The molecular weight excluding hydrogens is 296 g/mol. The lowest BCUT2D eigenvalue weighted by molar-refractivity contribution is 0.0700. The van der Waals surface area contributed by atoms with Gasteiger partial charge in [-0.15, -0.1) is 0 Å². The van der Waals surface area contributed by atoms with E-state index in [1.165, 1.54) is 16.9 Å². The number of hydrogen-bond donors (Lipinski definition) is 2. The Morgan fingerprint density at radius 2 is 2.09 bits per heavy atom. The van der Waals surface area contributed by atoms with Crippen LogP contribution in [0, 0.1) is 0 Å². The van der Waals surface area contributed by atoms with Crippen LogP contribution in [0.25, 0.3) is 0 Å². The minimum Gasteiger partial charge on any atom is -0.477 e. The average molecular weight is 318 g/mol. The topological polar surface area (TPSA) is 62.2 Å². The highest BCUT2D eigenvalue weighted by atomic mass is 32.1. The number of anilines is 2. The Morgan fingerprint density at radius 3 is 2.73 bits per heavy atom. The van der Waals surface area contributed by atoms with Crippen molar-refractivity contribution in [3.8, 4) is 0 Å². The monoisotopic (exact) mass is 318 g/mol. The highest BCUT2D eigenvalue weighted by Crippen LogP contribution is 2.32. The van der Waals surface area contributed by atoms with Crippen LogP contribution in [-0.4, -0.2) is 16.1 Å². The number of carbonyl (C=O) groups is 1. The molecule has 0 bridgehead atoms. The van der Waals surface area contributed by atoms with Crippen molar-refractivity contribution in [1.29, 1.82) is 0 Å². The Labute approximate surface area is 135 Å². The van der Waals surface area contributed by atoms with Gasteiger partial charge in [0.05, 0.1) is 5.69 Å². The third kappa shape index (κ3) is 3.65. The second-order valence-corrected chi connectivity index (χ2v) is 6.37. The number of thiazole rings is 1. The fourth-order valence-corrected chi connectivity index (χ4v) is 3.22. The number of nitrogens with one attached hydrogen (secondary N) is 1. The zero-order valence-corrected chi connectivity index (χ0v) is 14.0. The molecule has 0 aliphatic carbocycles. The zero-order chi connectivity index (χ0) is 16.1. The van der Waals surface area contributed by atoms with Gasteiger partial charge < -0.3 is 10.4 Å². The molecule has 118 valence electrons. The second-order valence-electron chi connectivity index (χ2n) is 5.37. The molecule has 0 fully saturated rings. The first-order valence-corrected chi connectivity index (χ1v) is 8.47. The van der Waals surface area contributed by atoms with Crippen LogP contribution in [0.3, 0.4) is 0 Å². The molecule has 0 spiro atoms. The van der Waals surface area contributed by atoms with E-state index in [1.807, 2.05) is 25.1 Å². The van der Waals surface area contributed by atoms with Crippen LogP contribution in [0.4, 0.5) is 10.8 Å². The number of aryl methyl sites for hydroxylation is 1. The fourth-order valence-electron chi connectivity index (χ4n) is 2.35. The summed E-state index contributed by atoms with van der Waals surface area (Å²) in [7, 11) is 0. The summed E-state index contributed by atoms with van der Waals surface area (Å²) in [4.78, 5) is 16.1. The number of nitrogens with zero attached hydrogens (tertiary/aromatic N) is 1. The maximum Gasteiger partial charge on any atom is 0.347 e. The van der Waals surface area contributed by atoms with E-state index >= 15 is 0 Å². The lowest BCUT2D eigenvalue weighted by Gasteiger charge is -2.14. The van der Waals surface area contributed by atoms with E-state index in [2.05, 4.69) is 30.2 Å². The molecule has 2 N–H and O–H groups in total. The maximum absolute atomic E-state index is 11.3. The first kappa shape index (κ1) is 16.5. The molecule has 4 nitrogen and oxygen atoms in total. The number of hydrogen-bond acceptors (Lipinski definition) is 4. The quantitative estimate of drug-likeness (QED) is 0.750. The van der Waals surface area contributed by atoms with Crippen LogP contribution in [-0.2, 0) is 6.42 Å². The van der Waals surface area contributed by atoms with Gasteiger partial charge in [-0.25, -0.2) is 9.78 Å². The Kier molecular flexibility index (Phi) is 5.55. The fraction of sp³-hybridized carbons (Fsp3) is 0.412. The van der Waals surface area contributed by atoms with Gasteiger partial charge in [-0.1, -0.05) is 56.7 Å². The molecule has 0 saturated heterocycles. The summed E-state index contributed by atoms with van der Waals surface area (Å²) in [6.07, 6.45) is 2.62. The summed E-state index contributed by atoms with van der Waals surface area (Å²) in [6, 6.07) is 8.13. The Bertz CT molecular complexity index is 652. The second kappa shape index (κ2) is 7.40. The first-order chi connectivity index (χ1) is 10.6. The van der Waals surface area contributed by atoms with Gasteiger partial charge in [0.25, 0.3) is 0 Å². The highest BCUT2D eigenvalue weighted by molar-refractivity contribution is 7.17. The van der Waals surface area contributed by atoms with Crippen molar-refractivity contribution in [2.24, 2.45) is 0 Å². The predicted molar refractivity (Wildman–Crippen MR) is 91.5 cm³/mol. The largest absolute Gasteiger partial charge is 0.477 e. The summed E-state index contributed by atoms with van der Waals surface area (Å²) in [6.45, 7) is 6.37. The van der Waals surface area contributed by atoms with Gasteiger partial charge in [0, 0.05) is 5.69 Å². The van der Waals surface area contributed by atoms with Crippen LogP contribution in [0.1, 0.15) is 60.5 Å². The van der Waals surface area contributed by atoms with E-state index in [-0.39, 0.29) is 0 Å². The molecule has 22 heavy (non-hydrogen) atoms. The van der Waals surface area contributed by atoms with Gasteiger partial charge in [0.1, 0.15) is 4.88 Å². The number of carboxylic acid groups (broad SMARTS) is 1.